The molecule has 0 aliphatic rings. The average molecular weight is 540 g/mol. The van der Waals surface area contributed by atoms with Gasteiger partial charge < -0.3 is 9.72 Å². The first-order valence-corrected chi connectivity index (χ1v) is 11.1. The van der Waals surface area contributed by atoms with Crippen molar-refractivity contribution in [3.05, 3.63) is 97.7 Å². The van der Waals surface area contributed by atoms with Crippen molar-refractivity contribution in [3.8, 4) is 28.8 Å². The highest BCUT2D eigenvalue weighted by molar-refractivity contribution is 6.30. The van der Waals surface area contributed by atoms with Gasteiger partial charge in [0.2, 0.25) is 5.75 Å². The number of nitriles is 1. The summed E-state index contributed by atoms with van der Waals surface area (Å²) in [6.07, 6.45) is -1.13. The fourth-order valence-corrected chi connectivity index (χ4v) is 3.97. The van der Waals surface area contributed by atoms with Crippen molar-refractivity contribution in [3.63, 3.8) is 0 Å². The number of ether oxygens (including phenoxy) is 1. The molecule has 10 nitrogen and oxygen atoms in total. The van der Waals surface area contributed by atoms with Gasteiger partial charge in [-0.3, -0.25) is 14.2 Å². The zero-order valence-electron chi connectivity index (χ0n) is 18.9. The van der Waals surface area contributed by atoms with E-state index in [4.69, 9.17) is 21.6 Å². The van der Waals surface area contributed by atoms with E-state index in [2.05, 4.69) is 25.1 Å². The van der Waals surface area contributed by atoms with Gasteiger partial charge in [0.15, 0.2) is 5.69 Å². The largest absolute Gasteiger partial charge is 0.449 e. The molecule has 0 aliphatic heterocycles. The summed E-state index contributed by atoms with van der Waals surface area (Å²) in [5.74, 6) is -1.41. The van der Waals surface area contributed by atoms with E-state index in [1.54, 1.807) is 30.6 Å². The molecule has 4 heterocycles. The standard InChI is InChI=1S/C24H13ClF3N7O3/c25-14-5-12(9-29)6-15(8-14)38-19-20(24(26,27)28)32-11-35(23(19)37)10-13-7-18(33-34-22(13)36)16-1-3-30-21-17(16)2-4-31-21/h1-8,11H,10H2,(H,30,31)(H,34,36). The molecule has 5 rings (SSSR count). The molecule has 0 saturated carbocycles. The highest BCUT2D eigenvalue weighted by Crippen LogP contribution is 2.35. The highest BCUT2D eigenvalue weighted by Gasteiger charge is 2.39. The Bertz CT molecular complexity index is 1850. The quantitative estimate of drug-likeness (QED) is 0.340. The summed E-state index contributed by atoms with van der Waals surface area (Å²) in [4.78, 5) is 36.2. The van der Waals surface area contributed by atoms with Crippen molar-refractivity contribution in [1.29, 1.82) is 5.26 Å². The van der Waals surface area contributed by atoms with Gasteiger partial charge in [0.25, 0.3) is 11.1 Å². The third kappa shape index (κ3) is 4.72. The molecule has 0 aliphatic carbocycles. The van der Waals surface area contributed by atoms with Crippen LogP contribution in [-0.4, -0.2) is 29.7 Å². The minimum atomic E-state index is -5.03. The van der Waals surface area contributed by atoms with E-state index >= 15 is 0 Å². The Morgan fingerprint density at radius 1 is 1.13 bits per heavy atom. The minimum Gasteiger partial charge on any atom is -0.449 e. The number of nitrogens with one attached hydrogen (secondary N) is 2. The molecule has 0 spiro atoms. The van der Waals surface area contributed by atoms with E-state index in [1.807, 2.05) is 0 Å². The summed E-state index contributed by atoms with van der Waals surface area (Å²) in [6.45, 7) is -0.439. The molecule has 1 aromatic carbocycles. The molecule has 0 bridgehead atoms. The molecule has 2 N–H and O–H groups in total. The number of H-pyrrole nitrogens is 2. The lowest BCUT2D eigenvalue weighted by atomic mass is 10.1. The molecule has 190 valence electrons. The molecular formula is C24H13ClF3N7O3. The van der Waals surface area contributed by atoms with E-state index in [-0.39, 0.29) is 21.9 Å². The molecule has 0 atom stereocenters. The van der Waals surface area contributed by atoms with Crippen molar-refractivity contribution in [2.24, 2.45) is 0 Å². The van der Waals surface area contributed by atoms with Crippen LogP contribution in [0.5, 0.6) is 11.5 Å². The molecule has 5 aromatic rings. The van der Waals surface area contributed by atoms with Crippen LogP contribution in [0, 0.1) is 11.3 Å². The number of benzene rings is 1. The van der Waals surface area contributed by atoms with E-state index in [1.165, 1.54) is 12.1 Å². The van der Waals surface area contributed by atoms with Crippen molar-refractivity contribution in [2.45, 2.75) is 12.7 Å². The van der Waals surface area contributed by atoms with Crippen LogP contribution in [-0.2, 0) is 12.7 Å². The number of fused-ring (bicyclic) bond motifs is 1. The minimum absolute atomic E-state index is 0.00812. The van der Waals surface area contributed by atoms with Gasteiger partial charge in [-0.25, -0.2) is 15.1 Å². The summed E-state index contributed by atoms with van der Waals surface area (Å²) < 4.78 is 47.1. The number of pyridine rings is 1. The lowest BCUT2D eigenvalue weighted by Crippen LogP contribution is -2.28. The van der Waals surface area contributed by atoms with E-state index in [0.717, 1.165) is 22.1 Å². The smallest absolute Gasteiger partial charge is 0.437 e. The van der Waals surface area contributed by atoms with Gasteiger partial charge in [0.05, 0.1) is 30.2 Å². The number of alkyl halides is 3. The van der Waals surface area contributed by atoms with Gasteiger partial charge in [0, 0.05) is 33.9 Å². The third-order valence-corrected chi connectivity index (χ3v) is 5.66. The second-order valence-electron chi connectivity index (χ2n) is 7.95. The summed E-state index contributed by atoms with van der Waals surface area (Å²) in [5, 5.41) is 16.2. The third-order valence-electron chi connectivity index (χ3n) is 5.44. The van der Waals surface area contributed by atoms with Gasteiger partial charge in [-0.2, -0.15) is 23.5 Å². The van der Waals surface area contributed by atoms with Crippen LogP contribution in [0.4, 0.5) is 13.2 Å². The maximum Gasteiger partial charge on any atom is 0.437 e. The van der Waals surface area contributed by atoms with E-state index in [9.17, 15) is 22.8 Å². The Labute approximate surface area is 214 Å². The first kappa shape index (κ1) is 24.7. The molecule has 0 fully saturated rings. The fourth-order valence-electron chi connectivity index (χ4n) is 3.75. The molecule has 0 radical (unpaired) electrons. The average Bonchev–Trinajstić information content (AvgIpc) is 3.36. The predicted molar refractivity (Wildman–Crippen MR) is 129 cm³/mol. The number of hydrogen-bond donors (Lipinski definition) is 2. The molecule has 14 heteroatoms. The number of rotatable bonds is 5. The monoisotopic (exact) mass is 539 g/mol. The summed E-state index contributed by atoms with van der Waals surface area (Å²) in [6, 6.07) is 10.2. The van der Waals surface area contributed by atoms with Crippen molar-refractivity contribution < 1.29 is 17.9 Å². The van der Waals surface area contributed by atoms with Gasteiger partial charge >= 0.3 is 6.18 Å². The Hall–Kier alpha value is -4.96. The summed E-state index contributed by atoms with van der Waals surface area (Å²) in [5.41, 5.74) is -1.84. The summed E-state index contributed by atoms with van der Waals surface area (Å²) >= 11 is 5.91. The Morgan fingerprint density at radius 3 is 2.71 bits per heavy atom. The van der Waals surface area contributed by atoms with E-state index in [0.29, 0.717) is 23.2 Å². The SMILES string of the molecule is N#Cc1cc(Cl)cc(Oc2c(C(F)(F)F)ncn(Cc3cc(-c4ccnc5[nH]ccc45)n[nH]c3=O)c2=O)c1. The van der Waals surface area contributed by atoms with Crippen LogP contribution < -0.4 is 15.9 Å². The van der Waals surface area contributed by atoms with Crippen LogP contribution in [0.25, 0.3) is 22.3 Å². The zero-order chi connectivity index (χ0) is 27.0. The summed E-state index contributed by atoms with van der Waals surface area (Å²) in [7, 11) is 0. The predicted octanol–water partition coefficient (Wildman–Crippen LogP) is 4.25. The molecule has 0 unspecified atom stereocenters. The normalized spacial score (nSPS) is 11.4. The topological polar surface area (TPSA) is 142 Å². The van der Waals surface area contributed by atoms with Crippen LogP contribution >= 0.6 is 11.6 Å². The van der Waals surface area contributed by atoms with Gasteiger partial charge in [-0.15, -0.1) is 0 Å². The Kier molecular flexibility index (Phi) is 6.17. The van der Waals surface area contributed by atoms with Crippen molar-refractivity contribution in [2.75, 3.05) is 0 Å². The Morgan fingerprint density at radius 2 is 1.95 bits per heavy atom. The maximum atomic E-state index is 13.7. The van der Waals surface area contributed by atoms with Gasteiger partial charge in [-0.05, 0) is 36.4 Å². The number of aromatic amines is 2. The second kappa shape index (κ2) is 9.49. The van der Waals surface area contributed by atoms with Crippen LogP contribution in [0.2, 0.25) is 5.02 Å². The number of halogens is 4. The zero-order valence-corrected chi connectivity index (χ0v) is 19.6. The number of nitrogens with zero attached hydrogens (tertiary/aromatic N) is 5. The first-order chi connectivity index (χ1) is 18.1. The lowest BCUT2D eigenvalue weighted by Gasteiger charge is -2.15. The highest BCUT2D eigenvalue weighted by atomic mass is 35.5. The Balaban J connectivity index is 1.58. The van der Waals surface area contributed by atoms with Crippen molar-refractivity contribution >= 4 is 22.6 Å². The molecule has 38 heavy (non-hydrogen) atoms. The van der Waals surface area contributed by atoms with Crippen molar-refractivity contribution in [1.82, 2.24) is 29.7 Å². The van der Waals surface area contributed by atoms with Crippen LogP contribution in [0.15, 0.2) is 64.7 Å². The van der Waals surface area contributed by atoms with Crippen LogP contribution in [0.3, 0.4) is 0 Å². The molecular weight excluding hydrogens is 527 g/mol. The van der Waals surface area contributed by atoms with Crippen LogP contribution in [0.1, 0.15) is 16.8 Å². The number of hydrogen-bond acceptors (Lipinski definition) is 7. The van der Waals surface area contributed by atoms with Gasteiger partial charge in [-0.1, -0.05) is 11.6 Å². The molecule has 4 aromatic heterocycles. The molecule has 0 amide bonds. The molecule has 0 saturated heterocycles. The number of aromatic nitrogens is 6. The van der Waals surface area contributed by atoms with Gasteiger partial charge in [0.1, 0.15) is 11.4 Å². The first-order valence-electron chi connectivity index (χ1n) is 10.7. The fraction of sp³-hybridized carbons (Fsp3) is 0.0833. The van der Waals surface area contributed by atoms with E-state index < -0.39 is 35.3 Å². The lowest BCUT2D eigenvalue weighted by molar-refractivity contribution is -0.142. The maximum absolute atomic E-state index is 13.7. The second-order valence-corrected chi connectivity index (χ2v) is 8.39.